The smallest absolute Gasteiger partial charge is 0.584 e. The third kappa shape index (κ3) is 6.10. The molecule has 0 saturated carbocycles. The minimum absolute atomic E-state index is 0. The molecule has 0 spiro atoms. The zero-order valence-electron chi connectivity index (χ0n) is 5.36. The van der Waals surface area contributed by atoms with Crippen LogP contribution in [0.4, 0.5) is 0 Å². The Labute approximate surface area is 65.2 Å². The van der Waals surface area contributed by atoms with Crippen LogP contribution in [-0.2, 0) is 21.1 Å². The Morgan fingerprint density at radius 2 is 1.88 bits per heavy atom. The van der Waals surface area contributed by atoms with Crippen LogP contribution in [0.5, 0.6) is 0 Å². The summed E-state index contributed by atoms with van der Waals surface area (Å²) in [7, 11) is 0. The van der Waals surface area contributed by atoms with E-state index < -0.39 is 0 Å². The molecule has 0 saturated heterocycles. The van der Waals surface area contributed by atoms with E-state index in [0.29, 0.717) is 0 Å². The Morgan fingerprint density at radius 1 is 1.38 bits per heavy atom. The van der Waals surface area contributed by atoms with E-state index in [4.69, 9.17) is 0 Å². The summed E-state index contributed by atoms with van der Waals surface area (Å²) in [6.45, 7) is 5.48. The van der Waals surface area contributed by atoms with Crippen molar-refractivity contribution in [3.63, 3.8) is 0 Å². The third-order valence-corrected chi connectivity index (χ3v) is 0.641. The van der Waals surface area contributed by atoms with Gasteiger partial charge in [-0.3, -0.25) is 0 Å². The molecule has 2 heteroatoms. The van der Waals surface area contributed by atoms with Gasteiger partial charge < -0.3 is 16.8 Å². The Hall–Kier alpha value is 0.0983. The summed E-state index contributed by atoms with van der Waals surface area (Å²) in [4.78, 5) is 3.80. The average Bonchev–Trinajstić information content (AvgIpc) is 1.68. The van der Waals surface area contributed by atoms with Crippen molar-refractivity contribution in [2.45, 2.75) is 20.8 Å². The molecule has 0 atom stereocenters. The third-order valence-electron chi connectivity index (χ3n) is 0.641. The van der Waals surface area contributed by atoms with E-state index in [9.17, 15) is 0 Å². The second kappa shape index (κ2) is 7.10. The number of allylic oxidation sites excluding steroid dienone is 2. The Morgan fingerprint density at radius 3 is 2.00 bits per heavy atom. The van der Waals surface area contributed by atoms with Gasteiger partial charge in [0.05, 0.1) is 0 Å². The predicted molar refractivity (Wildman–Crippen MR) is 31.2 cm³/mol. The summed E-state index contributed by atoms with van der Waals surface area (Å²) in [6, 6.07) is 0. The first kappa shape index (κ1) is 11.0. The molecule has 0 amide bonds. The SMILES string of the molecule is C[C-]=NC(C)=[C-]C.[W+2]. The molecule has 0 aromatic rings. The van der Waals surface area contributed by atoms with Crippen LogP contribution in [0.25, 0.3) is 0 Å². The van der Waals surface area contributed by atoms with Crippen molar-refractivity contribution in [2.75, 3.05) is 0 Å². The van der Waals surface area contributed by atoms with Gasteiger partial charge in [0.2, 0.25) is 0 Å². The van der Waals surface area contributed by atoms with Crippen molar-refractivity contribution in [1.82, 2.24) is 0 Å². The summed E-state index contributed by atoms with van der Waals surface area (Å²) in [5.74, 6) is 0. The van der Waals surface area contributed by atoms with Crippen LogP contribution >= 0.6 is 0 Å². The standard InChI is InChI=1S/C6H9N.W/c1-4-6(3)7-5-2;/h1-3H3;/q-2;+2. The van der Waals surface area contributed by atoms with Crippen LogP contribution in [0.2, 0.25) is 0 Å². The molecule has 0 aromatic carbocycles. The molecule has 44 valence electrons. The van der Waals surface area contributed by atoms with E-state index >= 15 is 0 Å². The van der Waals surface area contributed by atoms with Crippen LogP contribution in [0, 0.1) is 6.08 Å². The van der Waals surface area contributed by atoms with Crippen molar-refractivity contribution in [3.8, 4) is 0 Å². The summed E-state index contributed by atoms with van der Waals surface area (Å²) >= 11 is 0. The first-order valence-electron chi connectivity index (χ1n) is 2.20. The molecule has 0 fully saturated rings. The maximum atomic E-state index is 3.80. The van der Waals surface area contributed by atoms with E-state index in [1.54, 1.807) is 6.92 Å². The molecule has 1 nitrogen and oxygen atoms in total. The molecule has 0 aliphatic carbocycles. The van der Waals surface area contributed by atoms with Crippen molar-refractivity contribution >= 4 is 6.21 Å². The molecule has 0 aliphatic rings. The molecular formula is C6H9NW. The summed E-state index contributed by atoms with van der Waals surface area (Å²) in [6.07, 6.45) is 5.50. The van der Waals surface area contributed by atoms with Crippen molar-refractivity contribution in [1.29, 1.82) is 0 Å². The van der Waals surface area contributed by atoms with Gasteiger partial charge in [-0.25, -0.2) is 6.92 Å². The monoisotopic (exact) mass is 279 g/mol. The largest absolute Gasteiger partial charge is 2.00 e. The quantitative estimate of drug-likeness (QED) is 0.511. The number of aliphatic imine (C=N–C) groups is 1. The van der Waals surface area contributed by atoms with Gasteiger partial charge in [-0.05, 0) is 0 Å². The summed E-state index contributed by atoms with van der Waals surface area (Å²) in [5, 5.41) is 0. The fourth-order valence-corrected chi connectivity index (χ4v) is 0.224. The number of nitrogens with zero attached hydrogens (tertiary/aromatic N) is 1. The molecular weight excluding hydrogens is 270 g/mol. The molecule has 0 radical (unpaired) electrons. The number of rotatable bonds is 1. The van der Waals surface area contributed by atoms with E-state index in [2.05, 4.69) is 17.3 Å². The maximum Gasteiger partial charge on any atom is 2.00 e. The van der Waals surface area contributed by atoms with Gasteiger partial charge in [0.15, 0.2) is 0 Å². The normalized spacial score (nSPS) is 11.6. The number of hydrogen-bond donors (Lipinski definition) is 0. The van der Waals surface area contributed by atoms with Gasteiger partial charge in [-0.2, -0.15) is 6.21 Å². The minimum atomic E-state index is 0. The van der Waals surface area contributed by atoms with E-state index in [1.165, 1.54) is 0 Å². The average molecular weight is 279 g/mol. The Bertz CT molecular complexity index is 94.7. The van der Waals surface area contributed by atoms with Gasteiger partial charge in [0, 0.05) is 0 Å². The molecule has 0 rings (SSSR count). The molecule has 0 heterocycles. The Balaban J connectivity index is 0. The molecule has 0 aromatic heterocycles. The molecule has 0 bridgehead atoms. The van der Waals surface area contributed by atoms with Crippen molar-refractivity contribution < 1.29 is 21.1 Å². The van der Waals surface area contributed by atoms with Crippen LogP contribution in [0.1, 0.15) is 20.8 Å². The molecule has 0 N–H and O–H groups in total. The predicted octanol–water partition coefficient (Wildman–Crippen LogP) is 1.68. The first-order chi connectivity index (χ1) is 3.31. The second-order valence-corrected chi connectivity index (χ2v) is 1.17. The fourth-order valence-electron chi connectivity index (χ4n) is 0.224. The zero-order chi connectivity index (χ0) is 5.70. The molecule has 8 heavy (non-hydrogen) atoms. The zero-order valence-corrected chi connectivity index (χ0v) is 8.29. The molecule has 0 unspecified atom stereocenters. The van der Waals surface area contributed by atoms with Gasteiger partial charge in [-0.15, -0.1) is 13.8 Å². The van der Waals surface area contributed by atoms with Gasteiger partial charge >= 0.3 is 21.1 Å². The topological polar surface area (TPSA) is 12.4 Å². The second-order valence-electron chi connectivity index (χ2n) is 1.17. The van der Waals surface area contributed by atoms with Crippen LogP contribution in [0.3, 0.4) is 0 Å². The number of hydrogen-bond acceptors (Lipinski definition) is 1. The van der Waals surface area contributed by atoms with Gasteiger partial charge in [0.25, 0.3) is 0 Å². The van der Waals surface area contributed by atoms with E-state index in [0.717, 1.165) is 5.70 Å². The van der Waals surface area contributed by atoms with Crippen LogP contribution < -0.4 is 0 Å². The van der Waals surface area contributed by atoms with E-state index in [1.807, 2.05) is 13.8 Å². The van der Waals surface area contributed by atoms with Gasteiger partial charge in [0.1, 0.15) is 0 Å². The summed E-state index contributed by atoms with van der Waals surface area (Å²) in [5.41, 5.74) is 0.891. The van der Waals surface area contributed by atoms with Crippen molar-refractivity contribution in [2.24, 2.45) is 4.99 Å². The van der Waals surface area contributed by atoms with Crippen LogP contribution in [-0.4, -0.2) is 6.21 Å². The fraction of sp³-hybridized carbons (Fsp3) is 0.500. The van der Waals surface area contributed by atoms with Gasteiger partial charge in [-0.1, -0.05) is 0 Å². The molecule has 0 aliphatic heterocycles. The van der Waals surface area contributed by atoms with Crippen LogP contribution in [0.15, 0.2) is 10.7 Å². The van der Waals surface area contributed by atoms with E-state index in [-0.39, 0.29) is 21.1 Å². The Kier molecular flexibility index (Phi) is 9.74. The minimum Gasteiger partial charge on any atom is -0.584 e. The first-order valence-corrected chi connectivity index (χ1v) is 2.20. The van der Waals surface area contributed by atoms with Crippen molar-refractivity contribution in [3.05, 3.63) is 11.8 Å². The maximum absolute atomic E-state index is 3.80. The summed E-state index contributed by atoms with van der Waals surface area (Å²) < 4.78 is 0.